The van der Waals surface area contributed by atoms with Crippen molar-refractivity contribution in [1.82, 2.24) is 19.2 Å². The highest BCUT2D eigenvalue weighted by Crippen LogP contribution is 2.30. The van der Waals surface area contributed by atoms with Gasteiger partial charge in [-0.2, -0.15) is 0 Å². The van der Waals surface area contributed by atoms with E-state index in [-0.39, 0.29) is 17.5 Å². The molecule has 1 fully saturated rings. The van der Waals surface area contributed by atoms with Crippen LogP contribution in [0.3, 0.4) is 0 Å². The van der Waals surface area contributed by atoms with Crippen LogP contribution in [0, 0.1) is 5.92 Å². The highest BCUT2D eigenvalue weighted by Gasteiger charge is 2.25. The first kappa shape index (κ1) is 21.2. The zero-order chi connectivity index (χ0) is 22.3. The lowest BCUT2D eigenvalue weighted by Crippen LogP contribution is -2.34. The van der Waals surface area contributed by atoms with Crippen molar-refractivity contribution in [3.8, 4) is 0 Å². The fraction of sp³-hybridized carbons (Fsp3) is 0.333. The fourth-order valence-corrected chi connectivity index (χ4v) is 5.46. The average Bonchev–Trinajstić information content (AvgIpc) is 3.35. The average molecular weight is 453 g/mol. The Morgan fingerprint density at radius 3 is 2.75 bits per heavy atom. The van der Waals surface area contributed by atoms with E-state index in [1.54, 1.807) is 12.1 Å². The molecule has 1 aliphatic rings. The minimum Gasteiger partial charge on any atom is -0.381 e. The number of rotatable bonds is 8. The Labute approximate surface area is 188 Å². The molecule has 4 aromatic rings. The van der Waals surface area contributed by atoms with Gasteiger partial charge in [0.15, 0.2) is 0 Å². The van der Waals surface area contributed by atoms with Gasteiger partial charge in [-0.1, -0.05) is 24.3 Å². The maximum absolute atomic E-state index is 13.1. The van der Waals surface area contributed by atoms with Gasteiger partial charge in [-0.25, -0.2) is 13.1 Å². The molecule has 0 spiro atoms. The molecule has 8 heteroatoms. The second-order valence-electron chi connectivity index (χ2n) is 8.72. The van der Waals surface area contributed by atoms with Crippen molar-refractivity contribution in [2.45, 2.75) is 17.5 Å². The number of sulfonamides is 1. The summed E-state index contributed by atoms with van der Waals surface area (Å²) in [7, 11) is 0.317. The van der Waals surface area contributed by atoms with Crippen LogP contribution in [0.5, 0.6) is 0 Å². The number of nitrogens with one attached hydrogen (secondary N) is 2. The van der Waals surface area contributed by atoms with Crippen LogP contribution in [-0.2, 0) is 21.3 Å². The molecule has 0 bridgehead atoms. The maximum atomic E-state index is 13.1. The normalized spacial score (nSPS) is 16.1. The van der Waals surface area contributed by atoms with Crippen LogP contribution in [-0.4, -0.2) is 56.7 Å². The zero-order valence-corrected chi connectivity index (χ0v) is 19.1. The lowest BCUT2D eigenvalue weighted by atomic mass is 10.1. The Morgan fingerprint density at radius 2 is 2.00 bits per heavy atom. The van der Waals surface area contributed by atoms with Gasteiger partial charge in [-0.15, -0.1) is 0 Å². The van der Waals surface area contributed by atoms with Crippen molar-refractivity contribution in [2.75, 3.05) is 33.9 Å². The molecule has 32 heavy (non-hydrogen) atoms. The molecule has 0 amide bonds. The number of hydrogen-bond donors (Lipinski definition) is 2. The van der Waals surface area contributed by atoms with Crippen molar-refractivity contribution in [1.29, 1.82) is 0 Å². The number of benzene rings is 2. The molecule has 1 atom stereocenters. The predicted octanol–water partition coefficient (Wildman–Crippen LogP) is 3.35. The number of hydrogen-bond acceptors (Lipinski definition) is 4. The second kappa shape index (κ2) is 8.37. The summed E-state index contributed by atoms with van der Waals surface area (Å²) < 4.78 is 36.6. The Hall–Kier alpha value is -2.65. The Balaban J connectivity index is 1.43. The van der Waals surface area contributed by atoms with E-state index in [1.807, 2.05) is 44.6 Å². The van der Waals surface area contributed by atoms with Crippen molar-refractivity contribution < 1.29 is 13.2 Å². The number of H-pyrrole nitrogens is 1. The SMILES string of the molecule is CN(C)C(CNS(=O)(=O)c1ccc2cc[nH]c2c1)c1cn(CC2COC2)c2ccccc12. The van der Waals surface area contributed by atoms with Gasteiger partial charge in [0.1, 0.15) is 0 Å². The topological polar surface area (TPSA) is 79.4 Å². The molecule has 2 aromatic carbocycles. The van der Waals surface area contributed by atoms with E-state index < -0.39 is 10.0 Å². The first-order chi connectivity index (χ1) is 15.4. The smallest absolute Gasteiger partial charge is 0.240 e. The summed E-state index contributed by atoms with van der Waals surface area (Å²) in [6.45, 7) is 2.77. The fourth-order valence-electron chi connectivity index (χ4n) is 4.40. The van der Waals surface area contributed by atoms with Crippen LogP contribution < -0.4 is 4.72 Å². The first-order valence-corrected chi connectivity index (χ1v) is 12.3. The van der Waals surface area contributed by atoms with E-state index in [0.29, 0.717) is 5.92 Å². The molecule has 0 saturated carbocycles. The van der Waals surface area contributed by atoms with E-state index in [2.05, 4.69) is 37.5 Å². The Kier molecular flexibility index (Phi) is 5.54. The third-order valence-electron chi connectivity index (χ3n) is 6.27. The molecule has 1 saturated heterocycles. The molecule has 0 aliphatic carbocycles. The summed E-state index contributed by atoms with van der Waals surface area (Å²) >= 11 is 0. The number of aromatic amines is 1. The lowest BCUT2D eigenvalue weighted by molar-refractivity contribution is -0.0389. The summed E-state index contributed by atoms with van der Waals surface area (Å²) in [5, 5.41) is 2.14. The summed E-state index contributed by atoms with van der Waals surface area (Å²) in [5.74, 6) is 0.526. The van der Waals surface area contributed by atoms with Gasteiger partial charge < -0.3 is 19.2 Å². The molecule has 168 valence electrons. The van der Waals surface area contributed by atoms with Crippen LogP contribution in [0.2, 0.25) is 0 Å². The maximum Gasteiger partial charge on any atom is 0.240 e. The summed E-state index contributed by atoms with van der Waals surface area (Å²) in [6, 6.07) is 15.3. The molecule has 1 unspecified atom stereocenters. The van der Waals surface area contributed by atoms with E-state index in [1.165, 1.54) is 5.52 Å². The van der Waals surface area contributed by atoms with Gasteiger partial charge in [0.2, 0.25) is 10.0 Å². The summed E-state index contributed by atoms with van der Waals surface area (Å²) in [6.07, 6.45) is 3.98. The zero-order valence-electron chi connectivity index (χ0n) is 18.3. The first-order valence-electron chi connectivity index (χ1n) is 10.8. The largest absolute Gasteiger partial charge is 0.381 e. The Morgan fingerprint density at radius 1 is 1.19 bits per heavy atom. The van der Waals surface area contributed by atoms with Crippen LogP contribution in [0.25, 0.3) is 21.8 Å². The molecular weight excluding hydrogens is 424 g/mol. The van der Waals surface area contributed by atoms with Crippen LogP contribution >= 0.6 is 0 Å². The highest BCUT2D eigenvalue weighted by atomic mass is 32.2. The van der Waals surface area contributed by atoms with Crippen molar-refractivity contribution >= 4 is 31.8 Å². The van der Waals surface area contributed by atoms with Gasteiger partial charge in [-0.3, -0.25) is 0 Å². The lowest BCUT2D eigenvalue weighted by Gasteiger charge is -2.27. The molecule has 5 rings (SSSR count). The monoisotopic (exact) mass is 452 g/mol. The van der Waals surface area contributed by atoms with Crippen LogP contribution in [0.4, 0.5) is 0 Å². The molecule has 2 aromatic heterocycles. The number of fused-ring (bicyclic) bond motifs is 2. The number of ether oxygens (including phenoxy) is 1. The predicted molar refractivity (Wildman–Crippen MR) is 126 cm³/mol. The van der Waals surface area contributed by atoms with Gasteiger partial charge in [-0.05, 0) is 49.3 Å². The molecule has 0 radical (unpaired) electrons. The van der Waals surface area contributed by atoms with E-state index in [4.69, 9.17) is 4.74 Å². The Bertz CT molecular complexity index is 1350. The number of nitrogens with zero attached hydrogens (tertiary/aromatic N) is 2. The van der Waals surface area contributed by atoms with E-state index in [0.717, 1.165) is 41.6 Å². The minimum absolute atomic E-state index is 0.109. The highest BCUT2D eigenvalue weighted by molar-refractivity contribution is 7.89. The van der Waals surface area contributed by atoms with Gasteiger partial charge in [0, 0.05) is 53.9 Å². The van der Waals surface area contributed by atoms with Gasteiger partial charge in [0.05, 0.1) is 18.1 Å². The number of para-hydroxylation sites is 1. The standard InChI is InChI=1S/C24H28N4O3S/c1-27(2)24(12-26-32(29,30)19-8-7-18-9-10-25-22(18)11-19)21-14-28(13-17-15-31-16-17)23-6-4-3-5-20(21)23/h3-11,14,17,24-26H,12-13,15-16H2,1-2H3. The number of likely N-dealkylation sites (N-methyl/N-ethyl adjacent to an activating group) is 1. The summed E-state index contributed by atoms with van der Waals surface area (Å²) in [4.78, 5) is 5.40. The van der Waals surface area contributed by atoms with Gasteiger partial charge >= 0.3 is 0 Å². The van der Waals surface area contributed by atoms with E-state index in [9.17, 15) is 8.42 Å². The molecular formula is C24H28N4O3S. The summed E-state index contributed by atoms with van der Waals surface area (Å²) in [5.41, 5.74) is 3.09. The van der Waals surface area contributed by atoms with Crippen molar-refractivity contribution in [3.05, 3.63) is 66.5 Å². The molecule has 2 N–H and O–H groups in total. The minimum atomic E-state index is -3.65. The van der Waals surface area contributed by atoms with Crippen LogP contribution in [0.1, 0.15) is 11.6 Å². The molecule has 3 heterocycles. The molecule has 7 nitrogen and oxygen atoms in total. The van der Waals surface area contributed by atoms with Gasteiger partial charge in [0.25, 0.3) is 0 Å². The van der Waals surface area contributed by atoms with Crippen molar-refractivity contribution in [2.24, 2.45) is 5.92 Å². The van der Waals surface area contributed by atoms with E-state index >= 15 is 0 Å². The third kappa shape index (κ3) is 3.95. The van der Waals surface area contributed by atoms with Crippen molar-refractivity contribution in [3.63, 3.8) is 0 Å². The van der Waals surface area contributed by atoms with Crippen LogP contribution in [0.15, 0.2) is 65.8 Å². The quantitative estimate of drug-likeness (QED) is 0.430. The second-order valence-corrected chi connectivity index (χ2v) is 10.5. The molecule has 1 aliphatic heterocycles. The number of aromatic nitrogens is 2. The third-order valence-corrected chi connectivity index (χ3v) is 7.69.